The number of thioether (sulfide) groups is 1. The van der Waals surface area contributed by atoms with Gasteiger partial charge in [0.2, 0.25) is 11.8 Å². The van der Waals surface area contributed by atoms with Crippen molar-refractivity contribution < 1.29 is 9.59 Å². The van der Waals surface area contributed by atoms with Gasteiger partial charge in [0, 0.05) is 43.6 Å². The summed E-state index contributed by atoms with van der Waals surface area (Å²) in [5, 5.41) is 3.15. The second-order valence-corrected chi connectivity index (χ2v) is 8.01. The van der Waals surface area contributed by atoms with Crippen LogP contribution in [0.2, 0.25) is 0 Å². The first-order chi connectivity index (χ1) is 10.6. The molecule has 0 bridgehead atoms. The number of aryl methyl sites for hydroxylation is 1. The van der Waals surface area contributed by atoms with Crippen molar-refractivity contribution in [1.29, 1.82) is 0 Å². The molecule has 6 nitrogen and oxygen atoms in total. The number of hydrogen-bond acceptors (Lipinski definition) is 4. The maximum atomic E-state index is 12.7. The lowest BCUT2D eigenvalue weighted by atomic mass is 10.1. The Morgan fingerprint density at radius 1 is 1.50 bits per heavy atom. The number of aromatic nitrogens is 2. The highest BCUT2D eigenvalue weighted by atomic mass is 32.2. The highest BCUT2D eigenvalue weighted by Crippen LogP contribution is 2.47. The van der Waals surface area contributed by atoms with Crippen molar-refractivity contribution >= 4 is 23.6 Å². The van der Waals surface area contributed by atoms with E-state index in [1.807, 2.05) is 17.3 Å². The first-order valence-electron chi connectivity index (χ1n) is 7.83. The summed E-state index contributed by atoms with van der Waals surface area (Å²) in [5.41, 5.74) is 0. The van der Waals surface area contributed by atoms with Crippen LogP contribution in [0.3, 0.4) is 0 Å². The second-order valence-electron chi connectivity index (χ2n) is 6.51. The maximum absolute atomic E-state index is 12.7. The van der Waals surface area contributed by atoms with Crippen LogP contribution < -0.4 is 5.32 Å². The van der Waals surface area contributed by atoms with Gasteiger partial charge in [0.15, 0.2) is 0 Å². The molecule has 0 radical (unpaired) electrons. The fraction of sp³-hybridized carbons (Fsp3) is 0.667. The molecule has 0 aliphatic carbocycles. The normalized spacial score (nSPS) is 33.7. The predicted molar refractivity (Wildman–Crippen MR) is 83.2 cm³/mol. The largest absolute Gasteiger partial charge is 0.350 e. The number of hydrogen-bond donors (Lipinski definition) is 1. The molecule has 0 saturated carbocycles. The van der Waals surface area contributed by atoms with E-state index >= 15 is 0 Å². The zero-order valence-corrected chi connectivity index (χ0v) is 13.4. The van der Waals surface area contributed by atoms with Gasteiger partial charge >= 0.3 is 0 Å². The van der Waals surface area contributed by atoms with E-state index in [4.69, 9.17) is 0 Å². The van der Waals surface area contributed by atoms with Gasteiger partial charge in [0.05, 0.1) is 4.87 Å². The summed E-state index contributed by atoms with van der Waals surface area (Å²) < 4.78 is 2.10. The monoisotopic (exact) mass is 320 g/mol. The molecule has 2 amide bonds. The fourth-order valence-electron chi connectivity index (χ4n) is 3.80. The minimum absolute atomic E-state index is 0.0000373. The number of rotatable bonds is 2. The van der Waals surface area contributed by atoms with Crippen LogP contribution in [0.1, 0.15) is 32.0 Å². The van der Waals surface area contributed by atoms with Crippen molar-refractivity contribution in [3.8, 4) is 0 Å². The van der Waals surface area contributed by atoms with E-state index in [9.17, 15) is 9.59 Å². The van der Waals surface area contributed by atoms with Gasteiger partial charge in [-0.05, 0) is 19.8 Å². The van der Waals surface area contributed by atoms with Gasteiger partial charge < -0.3 is 14.8 Å². The SMILES string of the molecule is CC12CCC(=O)N1C(C(=O)NC1CCc3nccn3C1)CS2. The Hall–Kier alpha value is -1.50. The van der Waals surface area contributed by atoms with Gasteiger partial charge in [-0.3, -0.25) is 9.59 Å². The van der Waals surface area contributed by atoms with Crippen LogP contribution in [0.5, 0.6) is 0 Å². The van der Waals surface area contributed by atoms with Gasteiger partial charge in [-0.2, -0.15) is 0 Å². The third-order valence-electron chi connectivity index (χ3n) is 5.03. The molecule has 0 spiro atoms. The number of nitrogens with zero attached hydrogens (tertiary/aromatic N) is 3. The summed E-state index contributed by atoms with van der Waals surface area (Å²) in [6, 6.07) is -0.182. The minimum atomic E-state index is -0.311. The Balaban J connectivity index is 1.44. The summed E-state index contributed by atoms with van der Waals surface area (Å²) in [7, 11) is 0. The lowest BCUT2D eigenvalue weighted by molar-refractivity contribution is -0.138. The highest BCUT2D eigenvalue weighted by molar-refractivity contribution is 8.01. The molecule has 1 aromatic heterocycles. The summed E-state index contributed by atoms with van der Waals surface area (Å²) in [6.07, 6.45) is 6.98. The lowest BCUT2D eigenvalue weighted by Gasteiger charge is -2.31. The molecule has 0 aromatic carbocycles. The summed E-state index contributed by atoms with van der Waals surface area (Å²) in [5.74, 6) is 1.91. The van der Waals surface area contributed by atoms with Crippen LogP contribution in [-0.4, -0.2) is 49.0 Å². The molecule has 1 aromatic rings. The van der Waals surface area contributed by atoms with Crippen LogP contribution in [0.25, 0.3) is 0 Å². The van der Waals surface area contributed by atoms with E-state index < -0.39 is 0 Å². The Morgan fingerprint density at radius 3 is 3.23 bits per heavy atom. The molecule has 3 aliphatic heterocycles. The van der Waals surface area contributed by atoms with Crippen LogP contribution in [0.15, 0.2) is 12.4 Å². The molecule has 3 aliphatic rings. The van der Waals surface area contributed by atoms with Crippen LogP contribution >= 0.6 is 11.8 Å². The number of carbonyl (C=O) groups is 2. The molecule has 22 heavy (non-hydrogen) atoms. The van der Waals surface area contributed by atoms with E-state index in [2.05, 4.69) is 21.8 Å². The number of fused-ring (bicyclic) bond motifs is 2. The van der Waals surface area contributed by atoms with E-state index in [0.29, 0.717) is 12.2 Å². The number of amides is 2. The molecule has 2 saturated heterocycles. The van der Waals surface area contributed by atoms with Crippen molar-refractivity contribution in [3.63, 3.8) is 0 Å². The first-order valence-corrected chi connectivity index (χ1v) is 8.82. The minimum Gasteiger partial charge on any atom is -0.350 e. The van der Waals surface area contributed by atoms with Gasteiger partial charge in [-0.1, -0.05) is 0 Å². The molecule has 1 N–H and O–H groups in total. The van der Waals surface area contributed by atoms with Crippen LogP contribution in [0.4, 0.5) is 0 Å². The number of imidazole rings is 1. The fourth-order valence-corrected chi connectivity index (χ4v) is 5.23. The first kappa shape index (κ1) is 14.1. The topological polar surface area (TPSA) is 67.2 Å². The van der Waals surface area contributed by atoms with Crippen LogP contribution in [0, 0.1) is 0 Å². The third-order valence-corrected chi connectivity index (χ3v) is 6.53. The van der Waals surface area contributed by atoms with Gasteiger partial charge in [-0.15, -0.1) is 11.8 Å². The van der Waals surface area contributed by atoms with E-state index in [-0.39, 0.29) is 28.8 Å². The van der Waals surface area contributed by atoms with Crippen molar-refractivity contribution in [2.45, 2.75) is 56.1 Å². The zero-order valence-electron chi connectivity index (χ0n) is 12.6. The molecular formula is C15H20N4O2S. The summed E-state index contributed by atoms with van der Waals surface area (Å²) in [4.78, 5) is 30.7. The van der Waals surface area contributed by atoms with Crippen molar-refractivity contribution in [2.24, 2.45) is 0 Å². The number of carbonyl (C=O) groups excluding carboxylic acids is 2. The Labute approximate surface area is 133 Å². The van der Waals surface area contributed by atoms with E-state index in [0.717, 1.165) is 31.6 Å². The molecule has 4 rings (SSSR count). The van der Waals surface area contributed by atoms with Crippen LogP contribution in [-0.2, 0) is 22.6 Å². The Morgan fingerprint density at radius 2 is 2.36 bits per heavy atom. The number of nitrogens with one attached hydrogen (secondary N) is 1. The van der Waals surface area contributed by atoms with Gasteiger partial charge in [-0.25, -0.2) is 4.98 Å². The predicted octanol–water partition coefficient (Wildman–Crippen LogP) is 0.768. The zero-order chi connectivity index (χ0) is 15.3. The third kappa shape index (κ3) is 2.14. The Bertz CT molecular complexity index is 631. The molecule has 2 fully saturated rings. The van der Waals surface area contributed by atoms with Gasteiger partial charge in [0.1, 0.15) is 11.9 Å². The molecule has 3 unspecified atom stereocenters. The highest BCUT2D eigenvalue weighted by Gasteiger charge is 2.53. The van der Waals surface area contributed by atoms with E-state index in [1.165, 1.54) is 0 Å². The average molecular weight is 320 g/mol. The standard InChI is InChI=1S/C15H20N4O2S/c1-15-5-4-13(20)19(15)11(9-22-15)14(21)17-10-2-3-12-16-6-7-18(12)8-10/h6-7,10-11H,2-5,8-9H2,1H3,(H,17,21). The molecule has 118 valence electrons. The molecule has 4 heterocycles. The molecule has 7 heteroatoms. The average Bonchev–Trinajstić information content (AvgIpc) is 3.15. The van der Waals surface area contributed by atoms with E-state index in [1.54, 1.807) is 11.8 Å². The van der Waals surface area contributed by atoms with Crippen molar-refractivity contribution in [1.82, 2.24) is 19.8 Å². The summed E-state index contributed by atoms with van der Waals surface area (Å²) >= 11 is 1.74. The molecular weight excluding hydrogens is 300 g/mol. The smallest absolute Gasteiger partial charge is 0.243 e. The lowest BCUT2D eigenvalue weighted by Crippen LogP contribution is -2.53. The quantitative estimate of drug-likeness (QED) is 0.874. The van der Waals surface area contributed by atoms with Gasteiger partial charge in [0.25, 0.3) is 0 Å². The second kappa shape index (κ2) is 5.01. The molecule has 3 atom stereocenters. The summed E-state index contributed by atoms with van der Waals surface area (Å²) in [6.45, 7) is 2.85. The van der Waals surface area contributed by atoms with Crippen molar-refractivity contribution in [3.05, 3.63) is 18.2 Å². The van der Waals surface area contributed by atoms with Crippen molar-refractivity contribution in [2.75, 3.05) is 5.75 Å². The maximum Gasteiger partial charge on any atom is 0.243 e. The Kier molecular flexibility index (Phi) is 3.21.